The van der Waals surface area contributed by atoms with Gasteiger partial charge in [-0.25, -0.2) is 0 Å². The Balaban J connectivity index is 2.27. The molecule has 0 atom stereocenters. The van der Waals surface area contributed by atoms with E-state index in [-0.39, 0.29) is 5.78 Å². The summed E-state index contributed by atoms with van der Waals surface area (Å²) in [6.45, 7) is 1.84. The maximum Gasteiger partial charge on any atom is 0.162 e. The number of Topliss-reactive ketones (excluding diaryl/α,β-unsaturated/α-hetero) is 1. The van der Waals surface area contributed by atoms with Crippen molar-refractivity contribution in [3.8, 4) is 23.0 Å². The van der Waals surface area contributed by atoms with E-state index in [2.05, 4.69) is 0 Å². The molecule has 0 aliphatic carbocycles. The van der Waals surface area contributed by atoms with Crippen LogP contribution in [0, 0.1) is 0 Å². The number of hydrogen-bond donors (Lipinski definition) is 0. The van der Waals surface area contributed by atoms with Crippen molar-refractivity contribution in [3.63, 3.8) is 0 Å². The minimum Gasteiger partial charge on any atom is -0.496 e. The molecular formula is C17H18O4. The smallest absolute Gasteiger partial charge is 0.162 e. The monoisotopic (exact) mass is 286 g/mol. The van der Waals surface area contributed by atoms with E-state index >= 15 is 0 Å². The van der Waals surface area contributed by atoms with Crippen LogP contribution in [0.1, 0.15) is 23.7 Å². The van der Waals surface area contributed by atoms with E-state index in [1.54, 1.807) is 56.7 Å². The fourth-order valence-corrected chi connectivity index (χ4v) is 1.91. The van der Waals surface area contributed by atoms with E-state index in [1.807, 2.05) is 6.92 Å². The molecule has 0 amide bonds. The van der Waals surface area contributed by atoms with Crippen molar-refractivity contribution in [2.45, 2.75) is 13.3 Å². The molecule has 0 fully saturated rings. The summed E-state index contributed by atoms with van der Waals surface area (Å²) >= 11 is 0. The summed E-state index contributed by atoms with van der Waals surface area (Å²) in [5.41, 5.74) is 0.643. The summed E-state index contributed by atoms with van der Waals surface area (Å²) in [5.74, 6) is 2.57. The number of carbonyl (C=O) groups excluding carboxylic acids is 1. The molecule has 0 radical (unpaired) electrons. The molecule has 0 saturated heterocycles. The van der Waals surface area contributed by atoms with E-state index in [0.29, 0.717) is 35.0 Å². The lowest BCUT2D eigenvalue weighted by atomic mass is 10.1. The van der Waals surface area contributed by atoms with Gasteiger partial charge in [0.15, 0.2) is 5.78 Å². The zero-order chi connectivity index (χ0) is 15.2. The number of ketones is 1. The maximum atomic E-state index is 11.7. The van der Waals surface area contributed by atoms with Crippen molar-refractivity contribution in [1.29, 1.82) is 0 Å². The molecule has 0 N–H and O–H groups in total. The van der Waals surface area contributed by atoms with Crippen LogP contribution in [0.5, 0.6) is 23.0 Å². The van der Waals surface area contributed by atoms with Crippen molar-refractivity contribution in [2.75, 3.05) is 14.2 Å². The highest BCUT2D eigenvalue weighted by atomic mass is 16.5. The maximum absolute atomic E-state index is 11.7. The van der Waals surface area contributed by atoms with Gasteiger partial charge in [-0.2, -0.15) is 0 Å². The fourth-order valence-electron chi connectivity index (χ4n) is 1.91. The molecule has 0 spiro atoms. The first-order valence-electron chi connectivity index (χ1n) is 6.70. The van der Waals surface area contributed by atoms with Crippen LogP contribution < -0.4 is 14.2 Å². The van der Waals surface area contributed by atoms with Gasteiger partial charge in [-0.05, 0) is 12.1 Å². The lowest BCUT2D eigenvalue weighted by molar-refractivity contribution is 0.0988. The number of benzene rings is 2. The summed E-state index contributed by atoms with van der Waals surface area (Å²) in [6.07, 6.45) is 0.469. The summed E-state index contributed by atoms with van der Waals surface area (Å²) in [4.78, 5) is 11.7. The van der Waals surface area contributed by atoms with Crippen LogP contribution >= 0.6 is 0 Å². The van der Waals surface area contributed by atoms with Crippen molar-refractivity contribution in [3.05, 3.63) is 48.0 Å². The van der Waals surface area contributed by atoms with E-state index in [4.69, 9.17) is 14.2 Å². The topological polar surface area (TPSA) is 44.8 Å². The minimum absolute atomic E-state index is 0.0867. The Morgan fingerprint density at radius 3 is 2.10 bits per heavy atom. The Morgan fingerprint density at radius 1 is 0.905 bits per heavy atom. The molecule has 2 rings (SSSR count). The third kappa shape index (κ3) is 3.75. The molecule has 0 heterocycles. The minimum atomic E-state index is 0.0867. The lowest BCUT2D eigenvalue weighted by Gasteiger charge is -2.10. The molecular weight excluding hydrogens is 268 g/mol. The molecule has 4 heteroatoms. The lowest BCUT2D eigenvalue weighted by Crippen LogP contribution is -1.96. The van der Waals surface area contributed by atoms with E-state index in [1.165, 1.54) is 0 Å². The first kappa shape index (κ1) is 14.9. The average Bonchev–Trinajstić information content (AvgIpc) is 2.53. The summed E-state index contributed by atoms with van der Waals surface area (Å²) in [6, 6.07) is 12.4. The molecule has 2 aromatic carbocycles. The van der Waals surface area contributed by atoms with Gasteiger partial charge >= 0.3 is 0 Å². The molecule has 0 saturated carbocycles. The Labute approximate surface area is 124 Å². The molecule has 0 aliphatic rings. The van der Waals surface area contributed by atoms with Gasteiger partial charge in [-0.3, -0.25) is 4.79 Å². The number of ether oxygens (including phenoxy) is 3. The highest BCUT2D eigenvalue weighted by molar-refractivity contribution is 5.96. The van der Waals surface area contributed by atoms with E-state index < -0.39 is 0 Å². The Kier molecular flexibility index (Phi) is 4.82. The molecule has 0 bridgehead atoms. The molecule has 2 aromatic rings. The Hall–Kier alpha value is -2.49. The summed E-state index contributed by atoms with van der Waals surface area (Å²) in [7, 11) is 3.16. The third-order valence-electron chi connectivity index (χ3n) is 3.04. The highest BCUT2D eigenvalue weighted by Gasteiger charge is 2.07. The number of rotatable bonds is 6. The first-order chi connectivity index (χ1) is 10.2. The normalized spacial score (nSPS) is 10.0. The molecule has 0 aromatic heterocycles. The van der Waals surface area contributed by atoms with Gasteiger partial charge in [-0.1, -0.05) is 19.1 Å². The van der Waals surface area contributed by atoms with Gasteiger partial charge in [0.2, 0.25) is 0 Å². The SMILES string of the molecule is CCC(=O)c1cccc(Oc2cc(OC)cc(OC)c2)c1. The zero-order valence-corrected chi connectivity index (χ0v) is 12.4. The van der Waals surface area contributed by atoms with Crippen LogP contribution in [0.2, 0.25) is 0 Å². The zero-order valence-electron chi connectivity index (χ0n) is 12.4. The molecule has 110 valence electrons. The molecule has 0 unspecified atom stereocenters. The second-order valence-corrected chi connectivity index (χ2v) is 4.45. The summed E-state index contributed by atoms with van der Waals surface area (Å²) < 4.78 is 16.2. The van der Waals surface area contributed by atoms with Crippen molar-refractivity contribution in [1.82, 2.24) is 0 Å². The number of methoxy groups -OCH3 is 2. The van der Waals surface area contributed by atoms with Gasteiger partial charge in [0.05, 0.1) is 14.2 Å². The first-order valence-corrected chi connectivity index (χ1v) is 6.70. The molecule has 0 aliphatic heterocycles. The van der Waals surface area contributed by atoms with Crippen LogP contribution in [0.25, 0.3) is 0 Å². The third-order valence-corrected chi connectivity index (χ3v) is 3.04. The second kappa shape index (κ2) is 6.79. The van der Waals surface area contributed by atoms with Gasteiger partial charge in [0, 0.05) is 30.2 Å². The second-order valence-electron chi connectivity index (χ2n) is 4.45. The molecule has 21 heavy (non-hydrogen) atoms. The van der Waals surface area contributed by atoms with Crippen LogP contribution in [0.4, 0.5) is 0 Å². The highest BCUT2D eigenvalue weighted by Crippen LogP contribution is 2.31. The van der Waals surface area contributed by atoms with Crippen LogP contribution in [0.3, 0.4) is 0 Å². The van der Waals surface area contributed by atoms with E-state index in [0.717, 1.165) is 0 Å². The van der Waals surface area contributed by atoms with Gasteiger partial charge < -0.3 is 14.2 Å². The van der Waals surface area contributed by atoms with Gasteiger partial charge in [0.25, 0.3) is 0 Å². The van der Waals surface area contributed by atoms with Crippen molar-refractivity contribution >= 4 is 5.78 Å². The predicted molar refractivity (Wildman–Crippen MR) is 80.7 cm³/mol. The number of carbonyl (C=O) groups is 1. The van der Waals surface area contributed by atoms with Gasteiger partial charge in [0.1, 0.15) is 23.0 Å². The standard InChI is InChI=1S/C17H18O4/c1-4-17(18)12-6-5-7-13(8-12)21-16-10-14(19-2)9-15(11-16)20-3/h5-11H,4H2,1-3H3. The molecule has 4 nitrogen and oxygen atoms in total. The summed E-state index contributed by atoms with van der Waals surface area (Å²) in [5, 5.41) is 0. The largest absolute Gasteiger partial charge is 0.496 e. The fraction of sp³-hybridized carbons (Fsp3) is 0.235. The number of hydrogen-bond acceptors (Lipinski definition) is 4. The Bertz CT molecular complexity index is 612. The van der Waals surface area contributed by atoms with Crippen molar-refractivity contribution in [2.24, 2.45) is 0 Å². The van der Waals surface area contributed by atoms with Crippen LogP contribution in [-0.4, -0.2) is 20.0 Å². The van der Waals surface area contributed by atoms with Crippen molar-refractivity contribution < 1.29 is 19.0 Å². The van der Waals surface area contributed by atoms with E-state index in [9.17, 15) is 4.79 Å². The van der Waals surface area contributed by atoms with Crippen LogP contribution in [0.15, 0.2) is 42.5 Å². The average molecular weight is 286 g/mol. The quantitative estimate of drug-likeness (QED) is 0.750. The predicted octanol–water partition coefficient (Wildman–Crippen LogP) is 4.09. The Morgan fingerprint density at radius 2 is 1.52 bits per heavy atom. The van der Waals surface area contributed by atoms with Gasteiger partial charge in [-0.15, -0.1) is 0 Å². The van der Waals surface area contributed by atoms with Crippen LogP contribution in [-0.2, 0) is 0 Å².